The van der Waals surface area contributed by atoms with Crippen LogP contribution in [0.5, 0.6) is 5.75 Å². The first-order valence-corrected chi connectivity index (χ1v) is 10.8. The van der Waals surface area contributed by atoms with Gasteiger partial charge in [0.2, 0.25) is 0 Å². The molecular weight excluding hydrogens is 330 g/mol. The zero-order valence-corrected chi connectivity index (χ0v) is 17.1. The summed E-state index contributed by atoms with van der Waals surface area (Å²) in [6.07, 6.45) is 10.1. The van der Waals surface area contributed by atoms with Gasteiger partial charge in [-0.25, -0.2) is 0 Å². The summed E-state index contributed by atoms with van der Waals surface area (Å²) in [5.74, 6) is 1.03. The Balaban J connectivity index is 1.65. The largest absolute Gasteiger partial charge is 0.486 e. The van der Waals surface area contributed by atoms with Gasteiger partial charge in [0.05, 0.1) is 0 Å². The van der Waals surface area contributed by atoms with Gasteiger partial charge in [0.1, 0.15) is 11.9 Å². The fourth-order valence-corrected chi connectivity index (χ4v) is 3.99. The molecule has 0 amide bonds. The fraction of sp³-hybridized carbons (Fsp3) is 0.520. The highest BCUT2D eigenvalue weighted by atomic mass is 16.5. The van der Waals surface area contributed by atoms with E-state index in [1.54, 1.807) is 0 Å². The summed E-state index contributed by atoms with van der Waals surface area (Å²) in [6, 6.07) is 17.4. The molecule has 0 spiro atoms. The monoisotopic (exact) mass is 365 g/mol. The molecule has 146 valence electrons. The predicted molar refractivity (Wildman–Crippen MR) is 115 cm³/mol. The van der Waals surface area contributed by atoms with Crippen molar-refractivity contribution in [1.82, 2.24) is 4.90 Å². The molecule has 27 heavy (non-hydrogen) atoms. The summed E-state index contributed by atoms with van der Waals surface area (Å²) >= 11 is 0. The van der Waals surface area contributed by atoms with Crippen LogP contribution in [0.15, 0.2) is 48.5 Å². The van der Waals surface area contributed by atoms with E-state index in [2.05, 4.69) is 67.4 Å². The van der Waals surface area contributed by atoms with Gasteiger partial charge in [0, 0.05) is 13.0 Å². The molecule has 0 saturated heterocycles. The summed E-state index contributed by atoms with van der Waals surface area (Å²) in [5, 5.41) is 0. The average molecular weight is 366 g/mol. The molecule has 1 atom stereocenters. The van der Waals surface area contributed by atoms with Crippen LogP contribution >= 0.6 is 0 Å². The van der Waals surface area contributed by atoms with E-state index in [1.165, 1.54) is 68.2 Å². The van der Waals surface area contributed by atoms with Crippen LogP contribution in [0.25, 0.3) is 0 Å². The van der Waals surface area contributed by atoms with Crippen LogP contribution in [0.1, 0.15) is 68.2 Å². The molecule has 1 aliphatic carbocycles. The van der Waals surface area contributed by atoms with Gasteiger partial charge in [-0.3, -0.25) is 0 Å². The highest BCUT2D eigenvalue weighted by Crippen LogP contribution is 2.29. The van der Waals surface area contributed by atoms with E-state index >= 15 is 0 Å². The van der Waals surface area contributed by atoms with Gasteiger partial charge in [0.25, 0.3) is 0 Å². The van der Waals surface area contributed by atoms with Crippen molar-refractivity contribution in [3.05, 3.63) is 65.2 Å². The third kappa shape index (κ3) is 6.10. The topological polar surface area (TPSA) is 12.5 Å². The van der Waals surface area contributed by atoms with Crippen molar-refractivity contribution in [1.29, 1.82) is 0 Å². The lowest BCUT2D eigenvalue weighted by molar-refractivity contribution is 0.172. The predicted octanol–water partition coefficient (Wildman–Crippen LogP) is 6.20. The Morgan fingerprint density at radius 2 is 1.70 bits per heavy atom. The van der Waals surface area contributed by atoms with Gasteiger partial charge in [0.15, 0.2) is 0 Å². The Bertz CT molecular complexity index is 682. The standard InChI is InChI=1S/C25H35NO/c1-3-4-10-18-26(2)19-17-25(22-12-6-5-7-13-22)27-24-16-15-21-11-8-9-14-23(21)20-24/h5-7,12-13,15-16,20,25H,3-4,8-11,14,17-19H2,1-2H3. The zero-order valence-electron chi connectivity index (χ0n) is 17.1. The number of rotatable bonds is 10. The molecule has 0 bridgehead atoms. The number of hydrogen-bond donors (Lipinski definition) is 0. The lowest BCUT2D eigenvalue weighted by Crippen LogP contribution is -2.24. The van der Waals surface area contributed by atoms with E-state index in [9.17, 15) is 0 Å². The second-order valence-electron chi connectivity index (χ2n) is 7.95. The molecule has 1 unspecified atom stereocenters. The van der Waals surface area contributed by atoms with E-state index in [-0.39, 0.29) is 6.10 Å². The highest BCUT2D eigenvalue weighted by Gasteiger charge is 2.16. The van der Waals surface area contributed by atoms with Crippen LogP contribution in [-0.2, 0) is 12.8 Å². The Labute approximate surface area is 165 Å². The van der Waals surface area contributed by atoms with E-state index in [0.717, 1.165) is 18.7 Å². The zero-order chi connectivity index (χ0) is 18.9. The van der Waals surface area contributed by atoms with Crippen LogP contribution < -0.4 is 4.74 Å². The molecule has 0 fully saturated rings. The molecule has 3 rings (SSSR count). The molecular formula is C25H35NO. The fourth-order valence-electron chi connectivity index (χ4n) is 3.99. The molecule has 2 heteroatoms. The van der Waals surface area contributed by atoms with Crippen LogP contribution in [0.3, 0.4) is 0 Å². The van der Waals surface area contributed by atoms with Crippen LogP contribution in [0, 0.1) is 0 Å². The van der Waals surface area contributed by atoms with Crippen LogP contribution in [0.4, 0.5) is 0 Å². The second kappa shape index (κ2) is 10.5. The van der Waals surface area contributed by atoms with E-state index in [0.29, 0.717) is 0 Å². The lowest BCUT2D eigenvalue weighted by Gasteiger charge is -2.24. The van der Waals surface area contributed by atoms with Crippen molar-refractivity contribution in [2.75, 3.05) is 20.1 Å². The van der Waals surface area contributed by atoms with Crippen LogP contribution in [0.2, 0.25) is 0 Å². The maximum atomic E-state index is 6.52. The number of unbranched alkanes of at least 4 members (excludes halogenated alkanes) is 2. The number of ether oxygens (including phenoxy) is 1. The normalized spacial score (nSPS) is 14.8. The summed E-state index contributed by atoms with van der Waals surface area (Å²) in [5.41, 5.74) is 4.28. The minimum atomic E-state index is 0.112. The molecule has 0 aromatic heterocycles. The van der Waals surface area contributed by atoms with Crippen molar-refractivity contribution in [2.24, 2.45) is 0 Å². The van der Waals surface area contributed by atoms with E-state index in [4.69, 9.17) is 4.74 Å². The van der Waals surface area contributed by atoms with Crippen molar-refractivity contribution < 1.29 is 4.74 Å². The summed E-state index contributed by atoms with van der Waals surface area (Å²) < 4.78 is 6.52. The first kappa shape index (κ1) is 19.9. The summed E-state index contributed by atoms with van der Waals surface area (Å²) in [4.78, 5) is 2.45. The third-order valence-electron chi connectivity index (χ3n) is 5.69. The third-order valence-corrected chi connectivity index (χ3v) is 5.69. The number of hydrogen-bond acceptors (Lipinski definition) is 2. The molecule has 0 saturated carbocycles. The minimum Gasteiger partial charge on any atom is -0.486 e. The molecule has 0 radical (unpaired) electrons. The minimum absolute atomic E-state index is 0.112. The lowest BCUT2D eigenvalue weighted by atomic mass is 9.92. The van der Waals surface area contributed by atoms with Crippen molar-refractivity contribution >= 4 is 0 Å². The molecule has 1 aliphatic rings. The Kier molecular flexibility index (Phi) is 7.77. The Hall–Kier alpha value is -1.80. The van der Waals surface area contributed by atoms with E-state index in [1.807, 2.05) is 0 Å². The maximum absolute atomic E-state index is 6.52. The molecule has 2 aromatic carbocycles. The van der Waals surface area contributed by atoms with Gasteiger partial charge >= 0.3 is 0 Å². The number of benzene rings is 2. The molecule has 0 heterocycles. The van der Waals surface area contributed by atoms with Crippen molar-refractivity contribution in [2.45, 2.75) is 64.4 Å². The molecule has 0 N–H and O–H groups in total. The first-order chi connectivity index (χ1) is 13.3. The van der Waals surface area contributed by atoms with Crippen LogP contribution in [-0.4, -0.2) is 25.0 Å². The smallest absolute Gasteiger partial charge is 0.125 e. The number of fused-ring (bicyclic) bond motifs is 1. The van der Waals surface area contributed by atoms with Gasteiger partial charge in [-0.2, -0.15) is 0 Å². The molecule has 2 aromatic rings. The first-order valence-electron chi connectivity index (χ1n) is 10.8. The Morgan fingerprint density at radius 3 is 2.48 bits per heavy atom. The molecule has 2 nitrogen and oxygen atoms in total. The van der Waals surface area contributed by atoms with Gasteiger partial charge in [-0.1, -0.05) is 56.2 Å². The van der Waals surface area contributed by atoms with Crippen molar-refractivity contribution in [3.63, 3.8) is 0 Å². The number of nitrogens with zero attached hydrogens (tertiary/aromatic N) is 1. The highest BCUT2D eigenvalue weighted by molar-refractivity contribution is 5.37. The second-order valence-corrected chi connectivity index (χ2v) is 7.95. The van der Waals surface area contributed by atoms with Gasteiger partial charge < -0.3 is 9.64 Å². The maximum Gasteiger partial charge on any atom is 0.125 e. The summed E-state index contributed by atoms with van der Waals surface area (Å²) in [6.45, 7) is 4.50. The Morgan fingerprint density at radius 1 is 0.926 bits per heavy atom. The average Bonchev–Trinajstić information content (AvgIpc) is 2.72. The molecule has 0 aliphatic heterocycles. The quantitative estimate of drug-likeness (QED) is 0.465. The summed E-state index contributed by atoms with van der Waals surface area (Å²) in [7, 11) is 2.23. The number of aryl methyl sites for hydroxylation is 2. The van der Waals surface area contributed by atoms with E-state index < -0.39 is 0 Å². The van der Waals surface area contributed by atoms with Crippen molar-refractivity contribution in [3.8, 4) is 5.75 Å². The van der Waals surface area contributed by atoms with Gasteiger partial charge in [-0.15, -0.1) is 0 Å². The SMILES string of the molecule is CCCCCN(C)CCC(Oc1ccc2c(c1)CCCC2)c1ccccc1. The van der Waals surface area contributed by atoms with Gasteiger partial charge in [-0.05, 0) is 74.5 Å².